The lowest BCUT2D eigenvalue weighted by Gasteiger charge is -2.35. The van der Waals surface area contributed by atoms with Crippen LogP contribution in [0.15, 0.2) is 24.3 Å². The Kier molecular flexibility index (Phi) is 5.44. The van der Waals surface area contributed by atoms with Gasteiger partial charge in [-0.15, -0.1) is 0 Å². The summed E-state index contributed by atoms with van der Waals surface area (Å²) in [4.78, 5) is 16.4. The van der Waals surface area contributed by atoms with Crippen molar-refractivity contribution in [3.63, 3.8) is 0 Å². The Morgan fingerprint density at radius 2 is 1.90 bits per heavy atom. The van der Waals surface area contributed by atoms with E-state index >= 15 is 0 Å². The molecule has 1 saturated heterocycles. The fourth-order valence-electron chi connectivity index (χ4n) is 2.54. The molecule has 0 aliphatic carbocycles. The minimum atomic E-state index is 0.0300. The van der Waals surface area contributed by atoms with Crippen molar-refractivity contribution in [2.75, 3.05) is 45.1 Å². The standard InChI is InChI=1S/C16H25N3O2/c1-13(2)11-18-7-9-19(10-8-18)16(20)12-21-15-6-4-3-5-14(15)17/h3-6,13H,7-12,17H2,1-2H3. The van der Waals surface area contributed by atoms with Gasteiger partial charge in [0.1, 0.15) is 5.75 Å². The number of carbonyl (C=O) groups excluding carboxylic acids is 1. The largest absolute Gasteiger partial charge is 0.482 e. The number of amides is 1. The Morgan fingerprint density at radius 3 is 2.52 bits per heavy atom. The van der Waals surface area contributed by atoms with Crippen LogP contribution in [0.5, 0.6) is 5.75 Å². The summed E-state index contributed by atoms with van der Waals surface area (Å²) in [5, 5.41) is 0. The molecule has 1 amide bonds. The summed E-state index contributed by atoms with van der Waals surface area (Å²) < 4.78 is 5.51. The highest BCUT2D eigenvalue weighted by Gasteiger charge is 2.21. The van der Waals surface area contributed by atoms with Crippen LogP contribution in [0, 0.1) is 5.92 Å². The summed E-state index contributed by atoms with van der Waals surface area (Å²) >= 11 is 0. The molecular formula is C16H25N3O2. The SMILES string of the molecule is CC(C)CN1CCN(C(=O)COc2ccccc2N)CC1. The molecule has 116 valence electrons. The molecular weight excluding hydrogens is 266 g/mol. The molecule has 5 heteroatoms. The number of carbonyl (C=O) groups is 1. The third-order valence-corrected chi connectivity index (χ3v) is 3.62. The van der Waals surface area contributed by atoms with Crippen molar-refractivity contribution in [3.8, 4) is 5.75 Å². The van der Waals surface area contributed by atoms with Crippen molar-refractivity contribution in [2.24, 2.45) is 5.92 Å². The van der Waals surface area contributed by atoms with Gasteiger partial charge in [0.05, 0.1) is 5.69 Å². The van der Waals surface area contributed by atoms with E-state index in [1.807, 2.05) is 17.0 Å². The third-order valence-electron chi connectivity index (χ3n) is 3.62. The summed E-state index contributed by atoms with van der Waals surface area (Å²) in [6.45, 7) is 9.02. The smallest absolute Gasteiger partial charge is 0.260 e. The van der Waals surface area contributed by atoms with Crippen LogP contribution in [0.1, 0.15) is 13.8 Å². The topological polar surface area (TPSA) is 58.8 Å². The van der Waals surface area contributed by atoms with Gasteiger partial charge in [-0.25, -0.2) is 0 Å². The fraction of sp³-hybridized carbons (Fsp3) is 0.562. The first-order valence-electron chi connectivity index (χ1n) is 7.53. The predicted molar refractivity (Wildman–Crippen MR) is 84.2 cm³/mol. The number of para-hydroxylation sites is 2. The van der Waals surface area contributed by atoms with Gasteiger partial charge < -0.3 is 15.4 Å². The van der Waals surface area contributed by atoms with Crippen LogP contribution in [0.3, 0.4) is 0 Å². The van der Waals surface area contributed by atoms with Crippen molar-refractivity contribution < 1.29 is 9.53 Å². The molecule has 0 bridgehead atoms. The average molecular weight is 291 g/mol. The minimum absolute atomic E-state index is 0.0300. The van der Waals surface area contributed by atoms with E-state index < -0.39 is 0 Å². The number of anilines is 1. The van der Waals surface area contributed by atoms with Crippen molar-refractivity contribution in [1.82, 2.24) is 9.80 Å². The lowest BCUT2D eigenvalue weighted by Crippen LogP contribution is -2.50. The molecule has 1 heterocycles. The zero-order valence-electron chi connectivity index (χ0n) is 12.9. The Balaban J connectivity index is 1.76. The van der Waals surface area contributed by atoms with Gasteiger partial charge in [0, 0.05) is 32.7 Å². The molecule has 2 N–H and O–H groups in total. The summed E-state index contributed by atoms with van der Waals surface area (Å²) in [6, 6.07) is 7.24. The lowest BCUT2D eigenvalue weighted by molar-refractivity contribution is -0.135. The highest BCUT2D eigenvalue weighted by atomic mass is 16.5. The molecule has 1 aliphatic rings. The quantitative estimate of drug-likeness (QED) is 0.834. The molecule has 0 unspecified atom stereocenters. The Hall–Kier alpha value is -1.75. The van der Waals surface area contributed by atoms with E-state index in [0.29, 0.717) is 17.4 Å². The van der Waals surface area contributed by atoms with Crippen molar-refractivity contribution >= 4 is 11.6 Å². The normalized spacial score (nSPS) is 16.2. The van der Waals surface area contributed by atoms with Gasteiger partial charge in [0.25, 0.3) is 5.91 Å². The van der Waals surface area contributed by atoms with E-state index in [2.05, 4.69) is 18.7 Å². The van der Waals surface area contributed by atoms with Crippen LogP contribution in [0.25, 0.3) is 0 Å². The van der Waals surface area contributed by atoms with Gasteiger partial charge >= 0.3 is 0 Å². The van der Waals surface area contributed by atoms with Gasteiger partial charge in [0.2, 0.25) is 0 Å². The summed E-state index contributed by atoms with van der Waals surface area (Å²) in [5.41, 5.74) is 6.36. The molecule has 1 fully saturated rings. The number of rotatable bonds is 5. The minimum Gasteiger partial charge on any atom is -0.482 e. The fourth-order valence-corrected chi connectivity index (χ4v) is 2.54. The number of nitrogen functional groups attached to an aromatic ring is 1. The van der Waals surface area contributed by atoms with E-state index in [0.717, 1.165) is 32.7 Å². The molecule has 1 aromatic carbocycles. The van der Waals surface area contributed by atoms with E-state index in [-0.39, 0.29) is 12.5 Å². The van der Waals surface area contributed by atoms with Crippen molar-refractivity contribution in [3.05, 3.63) is 24.3 Å². The first kappa shape index (κ1) is 15.6. The van der Waals surface area contributed by atoms with Crippen LogP contribution >= 0.6 is 0 Å². The summed E-state index contributed by atoms with van der Waals surface area (Å²) in [7, 11) is 0. The molecule has 21 heavy (non-hydrogen) atoms. The third kappa shape index (κ3) is 4.63. The van der Waals surface area contributed by atoms with Crippen molar-refractivity contribution in [2.45, 2.75) is 13.8 Å². The Morgan fingerprint density at radius 1 is 1.24 bits per heavy atom. The van der Waals surface area contributed by atoms with Crippen LogP contribution in [-0.4, -0.2) is 55.0 Å². The average Bonchev–Trinajstić information content (AvgIpc) is 2.46. The molecule has 1 aliphatic heterocycles. The number of nitrogens with zero attached hydrogens (tertiary/aromatic N) is 2. The van der Waals surface area contributed by atoms with Gasteiger partial charge in [0.15, 0.2) is 6.61 Å². The monoisotopic (exact) mass is 291 g/mol. The second kappa shape index (κ2) is 7.31. The van der Waals surface area contributed by atoms with Gasteiger partial charge in [-0.2, -0.15) is 0 Å². The van der Waals surface area contributed by atoms with E-state index in [1.54, 1.807) is 12.1 Å². The lowest BCUT2D eigenvalue weighted by atomic mass is 10.2. The predicted octanol–water partition coefficient (Wildman–Crippen LogP) is 1.45. The maximum absolute atomic E-state index is 12.2. The molecule has 5 nitrogen and oxygen atoms in total. The maximum atomic E-state index is 12.2. The number of ether oxygens (including phenoxy) is 1. The second-order valence-electron chi connectivity index (χ2n) is 5.90. The Labute approximate surface area is 126 Å². The molecule has 1 aromatic rings. The number of nitrogens with two attached hydrogens (primary N) is 1. The number of piperazine rings is 1. The molecule has 0 spiro atoms. The number of hydrogen-bond donors (Lipinski definition) is 1. The van der Waals surface area contributed by atoms with Crippen molar-refractivity contribution in [1.29, 1.82) is 0 Å². The molecule has 0 saturated carbocycles. The first-order valence-corrected chi connectivity index (χ1v) is 7.53. The number of benzene rings is 1. The highest BCUT2D eigenvalue weighted by Crippen LogP contribution is 2.19. The maximum Gasteiger partial charge on any atom is 0.260 e. The molecule has 0 radical (unpaired) electrons. The van der Waals surface area contributed by atoms with Crippen LogP contribution in [-0.2, 0) is 4.79 Å². The summed E-state index contributed by atoms with van der Waals surface area (Å²) in [5.74, 6) is 1.27. The highest BCUT2D eigenvalue weighted by molar-refractivity contribution is 5.78. The molecule has 2 rings (SSSR count). The van der Waals surface area contributed by atoms with Gasteiger partial charge in [-0.3, -0.25) is 9.69 Å². The summed E-state index contributed by atoms with van der Waals surface area (Å²) in [6.07, 6.45) is 0. The Bertz CT molecular complexity index is 468. The van der Waals surface area contributed by atoms with E-state index in [4.69, 9.17) is 10.5 Å². The first-order chi connectivity index (χ1) is 10.1. The van der Waals surface area contributed by atoms with E-state index in [9.17, 15) is 4.79 Å². The zero-order chi connectivity index (χ0) is 15.2. The van der Waals surface area contributed by atoms with Crippen LogP contribution < -0.4 is 10.5 Å². The molecule has 0 atom stereocenters. The van der Waals surface area contributed by atoms with Crippen LogP contribution in [0.4, 0.5) is 5.69 Å². The van der Waals surface area contributed by atoms with E-state index in [1.165, 1.54) is 0 Å². The second-order valence-corrected chi connectivity index (χ2v) is 5.90. The molecule has 0 aromatic heterocycles. The van der Waals surface area contributed by atoms with Crippen LogP contribution in [0.2, 0.25) is 0 Å². The zero-order valence-corrected chi connectivity index (χ0v) is 12.9. The van der Waals surface area contributed by atoms with Gasteiger partial charge in [-0.05, 0) is 18.1 Å². The van der Waals surface area contributed by atoms with Gasteiger partial charge in [-0.1, -0.05) is 26.0 Å². The number of hydrogen-bond acceptors (Lipinski definition) is 4.